The topological polar surface area (TPSA) is 92.5 Å². The first-order valence-corrected chi connectivity index (χ1v) is 6.42. The summed E-state index contributed by atoms with van der Waals surface area (Å²) < 4.78 is 36.5. The minimum absolute atomic E-state index is 0.192. The van der Waals surface area contributed by atoms with Crippen molar-refractivity contribution in [2.75, 3.05) is 17.1 Å². The second-order valence-electron chi connectivity index (χ2n) is 3.31. The largest absolute Gasteiger partial charge is 0.293 e. The zero-order chi connectivity index (χ0) is 13.1. The van der Waals surface area contributed by atoms with Crippen LogP contribution in [0.4, 0.5) is 10.1 Å². The predicted octanol–water partition coefficient (Wildman–Crippen LogP) is -0.418. The van der Waals surface area contributed by atoms with Gasteiger partial charge in [0.1, 0.15) is 12.4 Å². The number of benzene rings is 1. The molecule has 0 atom stereocenters. The molecule has 8 heteroatoms. The third-order valence-corrected chi connectivity index (χ3v) is 3.10. The first-order chi connectivity index (χ1) is 7.84. The highest BCUT2D eigenvalue weighted by molar-refractivity contribution is 7.92. The maximum atomic E-state index is 12.7. The quantitative estimate of drug-likeness (QED) is 0.437. The van der Waals surface area contributed by atoms with Crippen LogP contribution in [0.5, 0.6) is 0 Å². The Hall–Kier alpha value is -1.67. The van der Waals surface area contributed by atoms with E-state index < -0.39 is 28.3 Å². The summed E-state index contributed by atoms with van der Waals surface area (Å²) in [6, 6.07) is 4.74. The molecule has 1 aromatic rings. The molecule has 0 fully saturated rings. The molecule has 0 aromatic heterocycles. The van der Waals surface area contributed by atoms with E-state index in [2.05, 4.69) is 0 Å². The van der Waals surface area contributed by atoms with Crippen molar-refractivity contribution in [2.24, 2.45) is 5.84 Å². The molecule has 1 rings (SSSR count). The molecule has 1 aromatic carbocycles. The smallest absolute Gasteiger partial charge is 0.254 e. The van der Waals surface area contributed by atoms with E-state index >= 15 is 0 Å². The van der Waals surface area contributed by atoms with Crippen LogP contribution >= 0.6 is 0 Å². The van der Waals surface area contributed by atoms with Crippen molar-refractivity contribution in [3.8, 4) is 0 Å². The monoisotopic (exact) mass is 261 g/mol. The molecule has 6 nitrogen and oxygen atoms in total. The van der Waals surface area contributed by atoms with Crippen LogP contribution in [0.1, 0.15) is 0 Å². The van der Waals surface area contributed by atoms with E-state index in [-0.39, 0.29) is 5.69 Å². The maximum Gasteiger partial charge on any atom is 0.254 e. The lowest BCUT2D eigenvalue weighted by Crippen LogP contribution is -2.42. The van der Waals surface area contributed by atoms with Gasteiger partial charge in [0.05, 0.1) is 11.9 Å². The number of sulfonamides is 1. The Balaban J connectivity index is 3.07. The number of anilines is 1. The SMILES string of the molecule is CS(=O)(=O)N(CC(=O)NN)c1ccc(F)cc1. The average Bonchev–Trinajstić information content (AvgIpc) is 2.25. The number of hydrogen-bond acceptors (Lipinski definition) is 4. The van der Waals surface area contributed by atoms with Gasteiger partial charge in [-0.2, -0.15) is 0 Å². The molecule has 17 heavy (non-hydrogen) atoms. The molecule has 3 N–H and O–H groups in total. The van der Waals surface area contributed by atoms with Gasteiger partial charge in [0.15, 0.2) is 0 Å². The van der Waals surface area contributed by atoms with E-state index in [1.165, 1.54) is 12.1 Å². The van der Waals surface area contributed by atoms with Crippen LogP contribution in [-0.4, -0.2) is 27.1 Å². The van der Waals surface area contributed by atoms with Crippen molar-refractivity contribution in [2.45, 2.75) is 0 Å². The third kappa shape index (κ3) is 3.68. The second-order valence-corrected chi connectivity index (χ2v) is 5.22. The molecule has 0 aliphatic rings. The molecule has 0 heterocycles. The van der Waals surface area contributed by atoms with Crippen molar-refractivity contribution in [3.05, 3.63) is 30.1 Å². The summed E-state index contributed by atoms with van der Waals surface area (Å²) in [6.07, 6.45) is 0.945. The summed E-state index contributed by atoms with van der Waals surface area (Å²) in [5.41, 5.74) is 2.02. The number of rotatable bonds is 4. The van der Waals surface area contributed by atoms with E-state index in [1.807, 2.05) is 5.43 Å². The number of hydrazine groups is 1. The maximum absolute atomic E-state index is 12.7. The molecule has 0 unspecified atom stereocenters. The van der Waals surface area contributed by atoms with E-state index in [4.69, 9.17) is 5.84 Å². The molecular formula is C9H12FN3O3S. The van der Waals surface area contributed by atoms with E-state index in [0.717, 1.165) is 22.7 Å². The fraction of sp³-hybridized carbons (Fsp3) is 0.222. The highest BCUT2D eigenvalue weighted by Crippen LogP contribution is 2.17. The molecule has 0 bridgehead atoms. The molecule has 0 radical (unpaired) electrons. The van der Waals surface area contributed by atoms with Crippen LogP contribution in [-0.2, 0) is 14.8 Å². The normalized spacial score (nSPS) is 11.0. The lowest BCUT2D eigenvalue weighted by atomic mass is 10.3. The summed E-state index contributed by atoms with van der Waals surface area (Å²) in [5, 5.41) is 0. The van der Waals surface area contributed by atoms with Crippen molar-refractivity contribution in [1.29, 1.82) is 0 Å². The van der Waals surface area contributed by atoms with Crippen molar-refractivity contribution >= 4 is 21.6 Å². The summed E-state index contributed by atoms with van der Waals surface area (Å²) in [5.74, 6) is 3.72. The summed E-state index contributed by atoms with van der Waals surface area (Å²) in [7, 11) is -3.64. The van der Waals surface area contributed by atoms with Crippen LogP contribution in [0.15, 0.2) is 24.3 Å². The Morgan fingerprint density at radius 3 is 2.35 bits per heavy atom. The summed E-state index contributed by atoms with van der Waals surface area (Å²) >= 11 is 0. The molecule has 94 valence electrons. The van der Waals surface area contributed by atoms with Crippen LogP contribution in [0.3, 0.4) is 0 Å². The number of nitrogens with zero attached hydrogens (tertiary/aromatic N) is 1. The highest BCUT2D eigenvalue weighted by atomic mass is 32.2. The van der Waals surface area contributed by atoms with Crippen LogP contribution in [0, 0.1) is 5.82 Å². The zero-order valence-corrected chi connectivity index (χ0v) is 9.87. The van der Waals surface area contributed by atoms with E-state index in [9.17, 15) is 17.6 Å². The lowest BCUT2D eigenvalue weighted by Gasteiger charge is -2.21. The fourth-order valence-corrected chi connectivity index (χ4v) is 2.04. The van der Waals surface area contributed by atoms with Gasteiger partial charge >= 0.3 is 0 Å². The molecular weight excluding hydrogens is 249 g/mol. The third-order valence-electron chi connectivity index (χ3n) is 1.96. The summed E-state index contributed by atoms with van der Waals surface area (Å²) in [4.78, 5) is 11.1. The molecule has 1 amide bonds. The Morgan fingerprint density at radius 1 is 1.41 bits per heavy atom. The number of nitrogens with two attached hydrogens (primary N) is 1. The van der Waals surface area contributed by atoms with Crippen LogP contribution < -0.4 is 15.6 Å². The van der Waals surface area contributed by atoms with Crippen molar-refractivity contribution < 1.29 is 17.6 Å². The minimum Gasteiger partial charge on any atom is -0.293 e. The Labute approximate surface area is 98.2 Å². The Bertz CT molecular complexity index is 501. The van der Waals surface area contributed by atoms with E-state index in [1.54, 1.807) is 0 Å². The standard InChI is InChI=1S/C9H12FN3O3S/c1-17(15,16)13(6-9(14)12-11)8-4-2-7(10)3-5-8/h2-5H,6,11H2,1H3,(H,12,14). The lowest BCUT2D eigenvalue weighted by molar-refractivity contribution is -0.119. The number of carbonyl (C=O) groups excluding carboxylic acids is 1. The van der Waals surface area contributed by atoms with Gasteiger partial charge in [-0.25, -0.2) is 18.7 Å². The Kier molecular flexibility index (Phi) is 4.02. The van der Waals surface area contributed by atoms with Crippen LogP contribution in [0.2, 0.25) is 0 Å². The van der Waals surface area contributed by atoms with Gasteiger partial charge in [0, 0.05) is 0 Å². The van der Waals surface area contributed by atoms with Gasteiger partial charge in [0.25, 0.3) is 5.91 Å². The number of hydrogen-bond donors (Lipinski definition) is 2. The molecule has 0 aliphatic carbocycles. The predicted molar refractivity (Wildman–Crippen MR) is 60.9 cm³/mol. The van der Waals surface area contributed by atoms with Gasteiger partial charge in [-0.05, 0) is 24.3 Å². The van der Waals surface area contributed by atoms with Crippen molar-refractivity contribution in [1.82, 2.24) is 5.43 Å². The van der Waals surface area contributed by atoms with Crippen molar-refractivity contribution in [3.63, 3.8) is 0 Å². The van der Waals surface area contributed by atoms with Gasteiger partial charge in [-0.1, -0.05) is 0 Å². The molecule has 0 aliphatic heterocycles. The number of carbonyl (C=O) groups is 1. The Morgan fingerprint density at radius 2 is 1.94 bits per heavy atom. The van der Waals surface area contributed by atoms with Gasteiger partial charge in [-0.3, -0.25) is 14.5 Å². The average molecular weight is 261 g/mol. The number of halogens is 1. The zero-order valence-electron chi connectivity index (χ0n) is 9.05. The van der Waals surface area contributed by atoms with Gasteiger partial charge < -0.3 is 0 Å². The highest BCUT2D eigenvalue weighted by Gasteiger charge is 2.20. The molecule has 0 spiro atoms. The summed E-state index contributed by atoms with van der Waals surface area (Å²) in [6.45, 7) is -0.457. The minimum atomic E-state index is -3.64. The number of amides is 1. The fourth-order valence-electron chi connectivity index (χ4n) is 1.18. The van der Waals surface area contributed by atoms with Crippen LogP contribution in [0.25, 0.3) is 0 Å². The first kappa shape index (κ1) is 13.4. The molecule has 0 saturated heterocycles. The first-order valence-electron chi connectivity index (χ1n) is 4.57. The molecule has 0 saturated carbocycles. The van der Waals surface area contributed by atoms with Gasteiger partial charge in [0.2, 0.25) is 10.0 Å². The van der Waals surface area contributed by atoms with Gasteiger partial charge in [-0.15, -0.1) is 0 Å². The number of nitrogens with one attached hydrogen (secondary N) is 1. The second kappa shape index (κ2) is 5.11. The van der Waals surface area contributed by atoms with E-state index in [0.29, 0.717) is 0 Å².